The highest BCUT2D eigenvalue weighted by molar-refractivity contribution is 8.01. The molecule has 0 aromatic heterocycles. The summed E-state index contributed by atoms with van der Waals surface area (Å²) >= 11 is -0.0153. The number of carbonyl (C=O) groups is 1. The third kappa shape index (κ3) is 3.09. The van der Waals surface area contributed by atoms with E-state index in [4.69, 9.17) is 9.84 Å². The molecule has 0 amide bonds. The van der Waals surface area contributed by atoms with Crippen molar-refractivity contribution in [1.29, 1.82) is 0 Å². The van der Waals surface area contributed by atoms with Crippen molar-refractivity contribution in [1.82, 2.24) is 0 Å². The van der Waals surface area contributed by atoms with Gasteiger partial charge in [-0.3, -0.25) is 0 Å². The van der Waals surface area contributed by atoms with Crippen LogP contribution < -0.4 is 4.74 Å². The van der Waals surface area contributed by atoms with Crippen LogP contribution in [0.25, 0.3) is 0 Å². The average molecular weight is 234 g/mol. The van der Waals surface area contributed by atoms with Crippen LogP contribution in [0.3, 0.4) is 0 Å². The molecule has 1 aromatic rings. The topological polar surface area (TPSA) is 46.5 Å². The maximum Gasteiger partial charge on any atom is 0.393 e. The van der Waals surface area contributed by atoms with Crippen LogP contribution in [0, 0.1) is 0 Å². The molecule has 0 fully saturated rings. The lowest BCUT2D eigenvalue weighted by Crippen LogP contribution is -2.23. The molecule has 0 spiro atoms. The van der Waals surface area contributed by atoms with E-state index in [-0.39, 0.29) is 16.7 Å². The van der Waals surface area contributed by atoms with Gasteiger partial charge in [0.15, 0.2) is 0 Å². The Morgan fingerprint density at radius 1 is 1.40 bits per heavy atom. The van der Waals surface area contributed by atoms with Crippen molar-refractivity contribution < 1.29 is 23.4 Å². The van der Waals surface area contributed by atoms with Gasteiger partial charge in [-0.1, -0.05) is 0 Å². The van der Waals surface area contributed by atoms with Gasteiger partial charge in [0.25, 0.3) is 0 Å². The number of hydrogen-bond acceptors (Lipinski definition) is 3. The zero-order valence-electron chi connectivity index (χ0n) is 7.74. The van der Waals surface area contributed by atoms with Gasteiger partial charge in [0.2, 0.25) is 0 Å². The van der Waals surface area contributed by atoms with Gasteiger partial charge in [-0.05, 0) is 36.0 Å². The van der Waals surface area contributed by atoms with E-state index >= 15 is 0 Å². The van der Waals surface area contributed by atoms with Gasteiger partial charge in [0.1, 0.15) is 5.75 Å². The van der Waals surface area contributed by atoms with E-state index in [0.29, 0.717) is 5.75 Å². The molecular weight excluding hydrogens is 226 g/mol. The number of rotatable bonds is 4. The predicted octanol–water partition coefficient (Wildman–Crippen LogP) is 2.46. The molecule has 1 N–H and O–H groups in total. The number of alkyl halides is 2. The second-order valence-corrected chi connectivity index (χ2v) is 3.79. The number of thioether (sulfide) groups is 1. The Kier molecular flexibility index (Phi) is 3.52. The van der Waals surface area contributed by atoms with Gasteiger partial charge < -0.3 is 9.84 Å². The predicted molar refractivity (Wildman–Crippen MR) is 51.4 cm³/mol. The van der Waals surface area contributed by atoms with E-state index in [2.05, 4.69) is 0 Å². The highest BCUT2D eigenvalue weighted by atomic mass is 32.2. The van der Waals surface area contributed by atoms with Crippen LogP contribution in [0.1, 0.15) is 0 Å². The first kappa shape index (κ1) is 11.8. The normalized spacial score (nSPS) is 11.1. The zero-order chi connectivity index (χ0) is 11.5. The molecule has 0 atom stereocenters. The van der Waals surface area contributed by atoms with Crippen molar-refractivity contribution in [3.05, 3.63) is 24.3 Å². The summed E-state index contributed by atoms with van der Waals surface area (Å²) in [6.45, 7) is 0. The van der Waals surface area contributed by atoms with Crippen molar-refractivity contribution in [3.8, 4) is 5.75 Å². The average Bonchev–Trinajstić information content (AvgIpc) is 2.18. The summed E-state index contributed by atoms with van der Waals surface area (Å²) in [5.74, 6) is -1.62. The molecule has 0 unspecified atom stereocenters. The quantitative estimate of drug-likeness (QED) is 0.813. The number of methoxy groups -OCH3 is 1. The van der Waals surface area contributed by atoms with Gasteiger partial charge in [0, 0.05) is 4.90 Å². The van der Waals surface area contributed by atoms with Crippen LogP contribution in [0.2, 0.25) is 0 Å². The Balaban J connectivity index is 2.77. The number of carboxylic acids is 1. The number of carboxylic acid groups (broad SMARTS) is 1. The van der Waals surface area contributed by atoms with E-state index < -0.39 is 11.2 Å². The Labute approximate surface area is 89.0 Å². The van der Waals surface area contributed by atoms with Crippen LogP contribution in [-0.4, -0.2) is 23.4 Å². The Bertz CT molecular complexity index is 351. The van der Waals surface area contributed by atoms with Crippen LogP contribution in [0.4, 0.5) is 8.78 Å². The fraction of sp³-hybridized carbons (Fsp3) is 0.222. The molecule has 0 heterocycles. The van der Waals surface area contributed by atoms with Gasteiger partial charge in [-0.25, -0.2) is 4.79 Å². The number of benzene rings is 1. The van der Waals surface area contributed by atoms with E-state index in [1.807, 2.05) is 0 Å². The standard InChI is InChI=1S/C9H8F2O3S/c1-14-6-2-4-7(5-3-6)15-9(10,11)8(12)13/h2-5H,1H3,(H,12,13). The molecule has 0 aliphatic rings. The second kappa shape index (κ2) is 4.48. The minimum absolute atomic E-state index is 0.0153. The van der Waals surface area contributed by atoms with Gasteiger partial charge in [-0.2, -0.15) is 8.78 Å². The summed E-state index contributed by atoms with van der Waals surface area (Å²) in [4.78, 5) is 10.3. The monoisotopic (exact) mass is 234 g/mol. The highest BCUT2D eigenvalue weighted by Crippen LogP contribution is 2.36. The summed E-state index contributed by atoms with van der Waals surface area (Å²) in [5.41, 5.74) is 0. The van der Waals surface area contributed by atoms with E-state index in [1.54, 1.807) is 0 Å². The lowest BCUT2D eigenvalue weighted by Gasteiger charge is -2.10. The first-order valence-corrected chi connectivity index (χ1v) is 4.71. The summed E-state index contributed by atoms with van der Waals surface area (Å²) in [7, 11) is 1.45. The number of halogens is 2. The van der Waals surface area contributed by atoms with Crippen molar-refractivity contribution in [3.63, 3.8) is 0 Å². The van der Waals surface area contributed by atoms with Crippen molar-refractivity contribution >= 4 is 17.7 Å². The number of ether oxygens (including phenoxy) is 1. The molecule has 1 rings (SSSR count). The first-order valence-electron chi connectivity index (χ1n) is 3.90. The van der Waals surface area contributed by atoms with Crippen molar-refractivity contribution in [2.75, 3.05) is 7.11 Å². The molecule has 0 saturated heterocycles. The molecule has 6 heteroatoms. The summed E-state index contributed by atoms with van der Waals surface area (Å²) in [5, 5.41) is 4.40. The molecule has 0 aliphatic heterocycles. The molecule has 0 saturated carbocycles. The Morgan fingerprint density at radius 3 is 2.33 bits per heavy atom. The minimum atomic E-state index is -3.81. The van der Waals surface area contributed by atoms with Gasteiger partial charge >= 0.3 is 11.2 Å². The summed E-state index contributed by atoms with van der Waals surface area (Å²) in [6.07, 6.45) is 0. The number of aliphatic carboxylic acids is 1. The molecule has 0 aliphatic carbocycles. The maximum atomic E-state index is 12.7. The molecule has 0 radical (unpaired) electrons. The second-order valence-electron chi connectivity index (χ2n) is 2.60. The zero-order valence-corrected chi connectivity index (χ0v) is 8.55. The lowest BCUT2D eigenvalue weighted by atomic mass is 10.3. The maximum absolute atomic E-state index is 12.7. The van der Waals surface area contributed by atoms with E-state index in [0.717, 1.165) is 0 Å². The smallest absolute Gasteiger partial charge is 0.393 e. The fourth-order valence-electron chi connectivity index (χ4n) is 0.835. The Morgan fingerprint density at radius 2 is 1.93 bits per heavy atom. The lowest BCUT2D eigenvalue weighted by molar-refractivity contribution is -0.152. The highest BCUT2D eigenvalue weighted by Gasteiger charge is 2.40. The minimum Gasteiger partial charge on any atom is -0.497 e. The molecule has 82 valence electrons. The third-order valence-electron chi connectivity index (χ3n) is 1.55. The van der Waals surface area contributed by atoms with Gasteiger partial charge in [0.05, 0.1) is 7.11 Å². The number of hydrogen-bond donors (Lipinski definition) is 1. The fourth-order valence-corrected chi connectivity index (χ4v) is 1.49. The molecule has 1 aromatic carbocycles. The third-order valence-corrected chi connectivity index (χ3v) is 2.49. The first-order chi connectivity index (χ1) is 6.95. The summed E-state index contributed by atoms with van der Waals surface area (Å²) < 4.78 is 30.3. The molecule has 0 bridgehead atoms. The van der Waals surface area contributed by atoms with Crippen molar-refractivity contribution in [2.45, 2.75) is 10.2 Å². The largest absolute Gasteiger partial charge is 0.497 e. The molecular formula is C9H8F2O3S. The summed E-state index contributed by atoms with van der Waals surface area (Å²) in [6, 6.07) is 5.72. The SMILES string of the molecule is COc1ccc(SC(F)(F)C(=O)O)cc1. The molecule has 15 heavy (non-hydrogen) atoms. The molecule has 3 nitrogen and oxygen atoms in total. The van der Waals surface area contributed by atoms with Crippen LogP contribution in [0.15, 0.2) is 29.2 Å². The van der Waals surface area contributed by atoms with E-state index in [1.165, 1.54) is 31.4 Å². The van der Waals surface area contributed by atoms with Crippen LogP contribution in [-0.2, 0) is 4.79 Å². The van der Waals surface area contributed by atoms with E-state index in [9.17, 15) is 13.6 Å². The van der Waals surface area contributed by atoms with Gasteiger partial charge in [-0.15, -0.1) is 0 Å². The van der Waals surface area contributed by atoms with Crippen LogP contribution >= 0.6 is 11.8 Å². The Hall–Kier alpha value is -1.30. The van der Waals surface area contributed by atoms with Crippen molar-refractivity contribution in [2.24, 2.45) is 0 Å². The van der Waals surface area contributed by atoms with Crippen LogP contribution in [0.5, 0.6) is 5.75 Å².